The zero-order valence-corrected chi connectivity index (χ0v) is 11.6. The first-order valence-electron chi connectivity index (χ1n) is 6.86. The summed E-state index contributed by atoms with van der Waals surface area (Å²) < 4.78 is 5.75. The molecule has 0 saturated carbocycles. The van der Waals surface area contributed by atoms with Gasteiger partial charge < -0.3 is 10.1 Å². The summed E-state index contributed by atoms with van der Waals surface area (Å²) in [6.07, 6.45) is 7.77. The normalized spacial score (nSPS) is 10.8. The maximum atomic E-state index is 5.75. The molecule has 0 fully saturated rings. The van der Waals surface area contributed by atoms with Gasteiger partial charge in [0.05, 0.1) is 12.8 Å². The van der Waals surface area contributed by atoms with Crippen LogP contribution in [0.15, 0.2) is 6.20 Å². The minimum absolute atomic E-state index is 0.540. The molecule has 0 aliphatic heterocycles. The van der Waals surface area contributed by atoms with E-state index in [2.05, 4.69) is 32.4 Å². The molecule has 2 heterocycles. The molecule has 2 aromatic rings. The molecular formula is C13H21N5O. The molecule has 0 bridgehead atoms. The van der Waals surface area contributed by atoms with Gasteiger partial charge in [-0.2, -0.15) is 15.1 Å². The number of nitrogens with zero attached hydrogens (tertiary/aromatic N) is 3. The molecule has 0 aromatic carbocycles. The van der Waals surface area contributed by atoms with Crippen molar-refractivity contribution in [3.63, 3.8) is 0 Å². The Morgan fingerprint density at radius 1 is 1.21 bits per heavy atom. The number of fused-ring (bicyclic) bond motifs is 1. The molecular weight excluding hydrogens is 242 g/mol. The van der Waals surface area contributed by atoms with Gasteiger partial charge in [0, 0.05) is 7.05 Å². The molecule has 0 amide bonds. The summed E-state index contributed by atoms with van der Waals surface area (Å²) >= 11 is 0. The fourth-order valence-electron chi connectivity index (χ4n) is 1.90. The van der Waals surface area contributed by atoms with Gasteiger partial charge in [0.15, 0.2) is 5.65 Å². The molecule has 6 heteroatoms. The average molecular weight is 263 g/mol. The summed E-state index contributed by atoms with van der Waals surface area (Å²) in [5, 5.41) is 10.5. The van der Waals surface area contributed by atoms with Crippen molar-refractivity contribution >= 4 is 17.0 Å². The van der Waals surface area contributed by atoms with Crippen molar-refractivity contribution in [2.45, 2.75) is 39.0 Å². The largest absolute Gasteiger partial charge is 0.477 e. The van der Waals surface area contributed by atoms with Crippen molar-refractivity contribution in [2.24, 2.45) is 0 Å². The van der Waals surface area contributed by atoms with E-state index in [4.69, 9.17) is 4.74 Å². The molecule has 0 saturated heterocycles. The quantitative estimate of drug-likeness (QED) is 0.716. The minimum atomic E-state index is 0.540. The van der Waals surface area contributed by atoms with Crippen LogP contribution in [-0.4, -0.2) is 33.8 Å². The number of aromatic amines is 1. The molecule has 0 spiro atoms. The fraction of sp³-hybridized carbons (Fsp3) is 0.615. The predicted octanol–water partition coefficient (Wildman–Crippen LogP) is 2.74. The second-order valence-corrected chi connectivity index (χ2v) is 4.50. The molecule has 0 aliphatic carbocycles. The molecule has 0 unspecified atom stereocenters. The molecule has 0 aliphatic rings. The highest BCUT2D eigenvalue weighted by molar-refractivity contribution is 5.80. The molecule has 2 rings (SSSR count). The number of unbranched alkanes of at least 4 members (excludes halogenated alkanes) is 4. The second kappa shape index (κ2) is 6.92. The second-order valence-electron chi connectivity index (χ2n) is 4.50. The van der Waals surface area contributed by atoms with Crippen molar-refractivity contribution in [3.8, 4) is 5.88 Å². The fourth-order valence-corrected chi connectivity index (χ4v) is 1.90. The van der Waals surface area contributed by atoms with E-state index in [1.807, 2.05) is 0 Å². The lowest BCUT2D eigenvalue weighted by atomic mass is 10.2. The third kappa shape index (κ3) is 3.56. The molecule has 6 nitrogen and oxygen atoms in total. The highest BCUT2D eigenvalue weighted by Crippen LogP contribution is 2.22. The lowest BCUT2D eigenvalue weighted by Crippen LogP contribution is -2.03. The first-order chi connectivity index (χ1) is 9.35. The van der Waals surface area contributed by atoms with Crippen LogP contribution in [0.2, 0.25) is 0 Å². The van der Waals surface area contributed by atoms with Crippen molar-refractivity contribution in [3.05, 3.63) is 6.20 Å². The van der Waals surface area contributed by atoms with Gasteiger partial charge in [-0.05, 0) is 6.42 Å². The van der Waals surface area contributed by atoms with Crippen LogP contribution >= 0.6 is 0 Å². The summed E-state index contributed by atoms with van der Waals surface area (Å²) in [5.41, 5.74) is 0.695. The van der Waals surface area contributed by atoms with E-state index in [0.717, 1.165) is 11.8 Å². The van der Waals surface area contributed by atoms with Gasteiger partial charge in [0.2, 0.25) is 11.8 Å². The number of ether oxygens (including phenoxy) is 1. The molecule has 104 valence electrons. The summed E-state index contributed by atoms with van der Waals surface area (Å²) in [7, 11) is 1.78. The Morgan fingerprint density at radius 3 is 2.84 bits per heavy atom. The van der Waals surface area contributed by atoms with Crippen LogP contribution in [-0.2, 0) is 0 Å². The highest BCUT2D eigenvalue weighted by Gasteiger charge is 2.09. The summed E-state index contributed by atoms with van der Waals surface area (Å²) in [6.45, 7) is 2.90. The van der Waals surface area contributed by atoms with Crippen molar-refractivity contribution in [1.29, 1.82) is 0 Å². The Hall–Kier alpha value is -1.85. The number of nitrogens with one attached hydrogen (secondary N) is 2. The SMILES string of the molecule is CCCCCCCOc1nc(NC)nc2[nH]ncc12. The Kier molecular flexibility index (Phi) is 4.94. The first-order valence-corrected chi connectivity index (χ1v) is 6.86. The summed E-state index contributed by atoms with van der Waals surface area (Å²) in [5.74, 6) is 1.14. The van der Waals surface area contributed by atoms with Gasteiger partial charge in [0.25, 0.3) is 0 Å². The standard InChI is InChI=1S/C13H21N5O/c1-3-4-5-6-7-8-19-12-10-9-15-18-11(10)16-13(14-2)17-12/h9H,3-8H2,1-2H3,(H2,14,15,16,17,18). The van der Waals surface area contributed by atoms with Gasteiger partial charge in [-0.15, -0.1) is 0 Å². The smallest absolute Gasteiger partial charge is 0.229 e. The van der Waals surface area contributed by atoms with E-state index in [-0.39, 0.29) is 0 Å². The number of hydrogen-bond donors (Lipinski definition) is 2. The predicted molar refractivity (Wildman–Crippen MR) is 75.5 cm³/mol. The summed E-state index contributed by atoms with van der Waals surface area (Å²) in [6, 6.07) is 0. The zero-order valence-electron chi connectivity index (χ0n) is 11.6. The average Bonchev–Trinajstić information content (AvgIpc) is 2.90. The van der Waals surface area contributed by atoms with Crippen molar-refractivity contribution in [2.75, 3.05) is 19.0 Å². The number of rotatable bonds is 8. The van der Waals surface area contributed by atoms with Gasteiger partial charge in [0.1, 0.15) is 5.39 Å². The van der Waals surface area contributed by atoms with Gasteiger partial charge in [-0.1, -0.05) is 32.6 Å². The number of H-pyrrole nitrogens is 1. The molecule has 0 radical (unpaired) electrons. The number of aromatic nitrogens is 4. The molecule has 19 heavy (non-hydrogen) atoms. The molecule has 2 N–H and O–H groups in total. The van der Waals surface area contributed by atoms with Crippen LogP contribution in [0.4, 0.5) is 5.95 Å². The van der Waals surface area contributed by atoms with Crippen LogP contribution in [0.5, 0.6) is 5.88 Å². The molecule has 0 atom stereocenters. The Balaban J connectivity index is 1.93. The first kappa shape index (κ1) is 13.6. The van der Waals surface area contributed by atoms with E-state index in [0.29, 0.717) is 24.1 Å². The van der Waals surface area contributed by atoms with E-state index in [1.54, 1.807) is 13.2 Å². The van der Waals surface area contributed by atoms with Gasteiger partial charge in [-0.25, -0.2) is 0 Å². The number of hydrogen-bond acceptors (Lipinski definition) is 5. The van der Waals surface area contributed by atoms with E-state index < -0.39 is 0 Å². The van der Waals surface area contributed by atoms with Crippen molar-refractivity contribution < 1.29 is 4.74 Å². The van der Waals surface area contributed by atoms with Crippen LogP contribution < -0.4 is 10.1 Å². The lowest BCUT2D eigenvalue weighted by molar-refractivity contribution is 0.297. The Morgan fingerprint density at radius 2 is 2.05 bits per heavy atom. The maximum Gasteiger partial charge on any atom is 0.229 e. The van der Waals surface area contributed by atoms with Crippen LogP contribution in [0.1, 0.15) is 39.0 Å². The highest BCUT2D eigenvalue weighted by atomic mass is 16.5. The van der Waals surface area contributed by atoms with Crippen LogP contribution in [0.25, 0.3) is 11.0 Å². The molecule has 2 aromatic heterocycles. The monoisotopic (exact) mass is 263 g/mol. The Labute approximate surface area is 113 Å². The topological polar surface area (TPSA) is 75.7 Å². The van der Waals surface area contributed by atoms with Crippen LogP contribution in [0.3, 0.4) is 0 Å². The minimum Gasteiger partial charge on any atom is -0.477 e. The maximum absolute atomic E-state index is 5.75. The van der Waals surface area contributed by atoms with E-state index >= 15 is 0 Å². The van der Waals surface area contributed by atoms with Crippen LogP contribution in [0, 0.1) is 0 Å². The third-order valence-electron chi connectivity index (χ3n) is 2.99. The third-order valence-corrected chi connectivity index (χ3v) is 2.99. The van der Waals surface area contributed by atoms with Gasteiger partial charge in [-0.3, -0.25) is 5.10 Å². The van der Waals surface area contributed by atoms with Crippen molar-refractivity contribution in [1.82, 2.24) is 20.2 Å². The zero-order chi connectivity index (χ0) is 13.5. The van der Waals surface area contributed by atoms with Gasteiger partial charge >= 0.3 is 0 Å². The number of anilines is 1. The summed E-state index contributed by atoms with van der Waals surface area (Å²) in [4.78, 5) is 8.58. The lowest BCUT2D eigenvalue weighted by Gasteiger charge is -2.07. The van der Waals surface area contributed by atoms with E-state index in [9.17, 15) is 0 Å². The van der Waals surface area contributed by atoms with E-state index in [1.165, 1.54) is 25.7 Å². The Bertz CT molecular complexity index is 511.